The summed E-state index contributed by atoms with van der Waals surface area (Å²) in [5, 5.41) is 16.4. The number of anilines is 2. The number of alkyl halides is 2. The van der Waals surface area contributed by atoms with Crippen LogP contribution >= 0.6 is 11.6 Å². The number of fused-ring (bicyclic) bond motifs is 2. The number of ether oxygens (including phenoxy) is 1. The van der Waals surface area contributed by atoms with Gasteiger partial charge in [-0.25, -0.2) is 0 Å². The molecule has 4 aromatic carbocycles. The minimum Gasteiger partial charge on any atom is -0.434 e. The van der Waals surface area contributed by atoms with Crippen molar-refractivity contribution in [1.82, 2.24) is 10.6 Å². The Kier molecular flexibility index (Phi) is 9.27. The average Bonchev–Trinajstić information content (AvgIpc) is 3.15. The van der Waals surface area contributed by atoms with Gasteiger partial charge in [0.2, 0.25) is 5.91 Å². The lowest BCUT2D eigenvalue weighted by molar-refractivity contribution is -0.128. The van der Waals surface area contributed by atoms with E-state index in [-0.39, 0.29) is 40.8 Å². The van der Waals surface area contributed by atoms with E-state index in [4.69, 9.17) is 16.3 Å². The zero-order valence-corrected chi connectivity index (χ0v) is 25.0. The molecule has 1 heterocycles. The summed E-state index contributed by atoms with van der Waals surface area (Å²) in [6, 6.07) is 20.9. The van der Waals surface area contributed by atoms with Crippen molar-refractivity contribution in [3.63, 3.8) is 0 Å². The second kappa shape index (κ2) is 13.3. The number of nitrogens with zero attached hydrogens (tertiary/aromatic N) is 3. The van der Waals surface area contributed by atoms with E-state index in [0.29, 0.717) is 16.5 Å². The minimum absolute atomic E-state index is 0.119. The summed E-state index contributed by atoms with van der Waals surface area (Å²) in [7, 11) is 1.59. The Bertz CT molecular complexity index is 1810. The van der Waals surface area contributed by atoms with E-state index in [1.807, 2.05) is 12.1 Å². The zero-order chi connectivity index (χ0) is 32.2. The van der Waals surface area contributed by atoms with Crippen LogP contribution in [0.25, 0.3) is 10.8 Å². The van der Waals surface area contributed by atoms with Crippen molar-refractivity contribution < 1.29 is 27.9 Å². The van der Waals surface area contributed by atoms with Crippen LogP contribution in [0.5, 0.6) is 5.75 Å². The Balaban J connectivity index is 1.68. The highest BCUT2D eigenvalue weighted by molar-refractivity contribution is 6.31. The predicted octanol–water partition coefficient (Wildman–Crippen LogP) is 5.25. The van der Waals surface area contributed by atoms with Gasteiger partial charge in [0.25, 0.3) is 11.8 Å². The number of amides is 3. The summed E-state index contributed by atoms with van der Waals surface area (Å²) in [4.78, 5) is 44.1. The van der Waals surface area contributed by atoms with Crippen LogP contribution in [0.1, 0.15) is 28.4 Å². The van der Waals surface area contributed by atoms with Gasteiger partial charge in [0, 0.05) is 16.1 Å². The SMILES string of the molecule is CN[C@@H](C)C(=O)N[C@H]1CN(C(=O)c2ccc(C#N)cc2)c2cc(Cl)ccc2N(Cc2c(OC(F)F)ccc3ccccc23)C1=O. The molecule has 2 atom stereocenters. The molecule has 5 rings (SSSR count). The van der Waals surface area contributed by atoms with Gasteiger partial charge in [-0.3, -0.25) is 14.4 Å². The van der Waals surface area contributed by atoms with E-state index < -0.39 is 36.4 Å². The van der Waals surface area contributed by atoms with Gasteiger partial charge >= 0.3 is 6.61 Å². The molecule has 0 radical (unpaired) electrons. The van der Waals surface area contributed by atoms with Gasteiger partial charge in [-0.05, 0) is 73.3 Å². The van der Waals surface area contributed by atoms with Gasteiger partial charge in [0.05, 0.1) is 42.1 Å². The van der Waals surface area contributed by atoms with Gasteiger partial charge in [-0.2, -0.15) is 14.0 Å². The predicted molar refractivity (Wildman–Crippen MR) is 167 cm³/mol. The third-order valence-corrected chi connectivity index (χ3v) is 7.86. The van der Waals surface area contributed by atoms with Crippen molar-refractivity contribution in [2.45, 2.75) is 32.2 Å². The molecule has 2 N–H and O–H groups in total. The van der Waals surface area contributed by atoms with Crippen LogP contribution in [-0.2, 0) is 16.1 Å². The fraction of sp³-hybridized carbons (Fsp3) is 0.212. The first-order chi connectivity index (χ1) is 21.6. The molecule has 4 aromatic rings. The number of rotatable bonds is 8. The molecule has 0 saturated carbocycles. The molecule has 45 heavy (non-hydrogen) atoms. The quantitative estimate of drug-likeness (QED) is 0.275. The van der Waals surface area contributed by atoms with Gasteiger partial charge in [0.15, 0.2) is 0 Å². The molecule has 0 fully saturated rings. The van der Waals surface area contributed by atoms with Crippen LogP contribution in [0.4, 0.5) is 20.2 Å². The van der Waals surface area contributed by atoms with E-state index in [2.05, 4.69) is 10.6 Å². The van der Waals surface area contributed by atoms with Crippen molar-refractivity contribution in [2.75, 3.05) is 23.4 Å². The number of hydrogen-bond donors (Lipinski definition) is 2. The summed E-state index contributed by atoms with van der Waals surface area (Å²) < 4.78 is 32.0. The van der Waals surface area contributed by atoms with Crippen LogP contribution < -0.4 is 25.2 Å². The number of carbonyl (C=O) groups is 3. The molecule has 0 saturated heterocycles. The molecule has 1 aliphatic heterocycles. The highest BCUT2D eigenvalue weighted by Gasteiger charge is 2.38. The van der Waals surface area contributed by atoms with Crippen molar-refractivity contribution in [2.24, 2.45) is 0 Å². The number of nitrogens with one attached hydrogen (secondary N) is 2. The van der Waals surface area contributed by atoms with E-state index >= 15 is 0 Å². The third kappa shape index (κ3) is 6.57. The van der Waals surface area contributed by atoms with Gasteiger partial charge in [-0.15, -0.1) is 0 Å². The zero-order valence-electron chi connectivity index (χ0n) is 24.3. The molecule has 0 aliphatic carbocycles. The molecule has 1 aliphatic rings. The van der Waals surface area contributed by atoms with Crippen LogP contribution in [0.15, 0.2) is 78.9 Å². The monoisotopic (exact) mass is 631 g/mol. The maximum absolute atomic E-state index is 14.4. The standard InChI is InChI=1S/C33H28ClF2N5O4/c1-19(38-2)30(42)39-26-18-41(31(43)22-9-7-20(16-37)8-10-22)28-15-23(34)12-13-27(28)40(32(26)44)17-25-24-6-4-3-5-21(24)11-14-29(25)45-33(35)36/h3-15,19,26,33,38H,17-18H2,1-2H3,(H,39,42)/t19-,26-/m0/s1. The molecule has 0 aromatic heterocycles. The maximum Gasteiger partial charge on any atom is 0.387 e. The largest absolute Gasteiger partial charge is 0.434 e. The molecule has 12 heteroatoms. The molecule has 9 nitrogen and oxygen atoms in total. The lowest BCUT2D eigenvalue weighted by Gasteiger charge is -2.27. The summed E-state index contributed by atoms with van der Waals surface area (Å²) >= 11 is 6.41. The Morgan fingerprint density at radius 3 is 2.49 bits per heavy atom. The Hall–Kier alpha value is -5.05. The molecule has 0 bridgehead atoms. The second-order valence-electron chi connectivity index (χ2n) is 10.4. The van der Waals surface area contributed by atoms with Crippen molar-refractivity contribution in [3.05, 3.63) is 101 Å². The molecular formula is C33H28ClF2N5O4. The highest BCUT2D eigenvalue weighted by atomic mass is 35.5. The fourth-order valence-electron chi connectivity index (χ4n) is 5.18. The first-order valence-corrected chi connectivity index (χ1v) is 14.3. The maximum atomic E-state index is 14.4. The van der Waals surface area contributed by atoms with E-state index in [1.54, 1.807) is 50.4 Å². The van der Waals surface area contributed by atoms with Crippen molar-refractivity contribution in [1.29, 1.82) is 5.26 Å². The summed E-state index contributed by atoms with van der Waals surface area (Å²) in [5.41, 5.74) is 1.43. The Morgan fingerprint density at radius 1 is 1.07 bits per heavy atom. The second-order valence-corrected chi connectivity index (χ2v) is 10.8. The van der Waals surface area contributed by atoms with Gasteiger partial charge < -0.3 is 25.2 Å². The number of nitriles is 1. The first kappa shape index (κ1) is 31.4. The summed E-state index contributed by atoms with van der Waals surface area (Å²) in [6.45, 7) is -2.00. The van der Waals surface area contributed by atoms with Crippen molar-refractivity contribution in [3.8, 4) is 11.8 Å². The number of carbonyl (C=O) groups excluding carboxylic acids is 3. The number of hydrogen-bond acceptors (Lipinski definition) is 6. The van der Waals surface area contributed by atoms with Crippen LogP contribution in [0.3, 0.4) is 0 Å². The van der Waals surface area contributed by atoms with Crippen molar-refractivity contribution >= 4 is 51.5 Å². The summed E-state index contributed by atoms with van der Waals surface area (Å²) in [5.74, 6) is -1.70. The molecular weight excluding hydrogens is 604 g/mol. The average molecular weight is 632 g/mol. The van der Waals surface area contributed by atoms with Crippen LogP contribution in [0.2, 0.25) is 5.02 Å². The van der Waals surface area contributed by atoms with Crippen LogP contribution in [-0.4, -0.2) is 50.0 Å². The number of halogens is 3. The molecule has 230 valence electrons. The number of likely N-dealkylation sites (N-methyl/N-ethyl adjacent to an activating group) is 1. The van der Waals surface area contributed by atoms with E-state index in [0.717, 1.165) is 5.39 Å². The molecule has 3 amide bonds. The highest BCUT2D eigenvalue weighted by Crippen LogP contribution is 2.39. The third-order valence-electron chi connectivity index (χ3n) is 7.63. The lowest BCUT2D eigenvalue weighted by atomic mass is 10.0. The smallest absolute Gasteiger partial charge is 0.387 e. The van der Waals surface area contributed by atoms with E-state index in [9.17, 15) is 28.4 Å². The Labute approximate surface area is 262 Å². The van der Waals surface area contributed by atoms with E-state index in [1.165, 1.54) is 46.2 Å². The normalized spacial score (nSPS) is 15.3. The topological polar surface area (TPSA) is 115 Å². The number of benzene rings is 4. The molecule has 0 unspecified atom stereocenters. The summed E-state index contributed by atoms with van der Waals surface area (Å²) in [6.07, 6.45) is 0. The minimum atomic E-state index is -3.12. The van der Waals surface area contributed by atoms with Crippen LogP contribution in [0, 0.1) is 11.3 Å². The van der Waals surface area contributed by atoms with Gasteiger partial charge in [0.1, 0.15) is 11.8 Å². The van der Waals surface area contributed by atoms with Gasteiger partial charge in [-0.1, -0.05) is 41.9 Å². The molecule has 0 spiro atoms. The lowest BCUT2D eigenvalue weighted by Crippen LogP contribution is -2.55. The Morgan fingerprint density at radius 2 is 1.80 bits per heavy atom. The first-order valence-electron chi connectivity index (χ1n) is 14.0. The fourth-order valence-corrected chi connectivity index (χ4v) is 5.35.